The van der Waals surface area contributed by atoms with Crippen molar-refractivity contribution >= 4 is 23.2 Å². The zero-order valence-electron chi connectivity index (χ0n) is 8.62. The fourth-order valence-electron chi connectivity index (χ4n) is 3.13. The topological polar surface area (TPSA) is 29.4 Å². The lowest BCUT2D eigenvalue weighted by molar-refractivity contribution is 0.581. The Hall–Kier alpha value is -0.600. The molecule has 2 fully saturated rings. The van der Waals surface area contributed by atoms with Crippen molar-refractivity contribution in [3.05, 3.63) is 38.7 Å². The number of fused-ring (bicyclic) bond motifs is 1. The Morgan fingerprint density at radius 2 is 2.06 bits per heavy atom. The predicted octanol–water partition coefficient (Wildman–Crippen LogP) is 4.18. The number of hydrogen-bond donors (Lipinski definition) is 0. The highest BCUT2D eigenvalue weighted by atomic mass is 35.5. The summed E-state index contributed by atoms with van der Waals surface area (Å²) in [5.41, 5.74) is 1.39. The van der Waals surface area contributed by atoms with Gasteiger partial charge in [-0.1, -0.05) is 34.4 Å². The number of rotatable bonds is 2. The zero-order valence-corrected chi connectivity index (χ0v) is 10.1. The third-order valence-corrected chi connectivity index (χ3v) is 4.77. The Morgan fingerprint density at radius 1 is 1.25 bits per heavy atom. The molecule has 0 spiro atoms. The van der Waals surface area contributed by atoms with Crippen molar-refractivity contribution in [3.8, 4) is 0 Å². The lowest BCUT2D eigenvalue weighted by Crippen LogP contribution is -2.09. The highest BCUT2D eigenvalue weighted by Gasteiger charge is 2.61. The zero-order chi connectivity index (χ0) is 11.3. The third-order valence-electron chi connectivity index (χ3n) is 4.03. The first kappa shape index (κ1) is 10.5. The minimum absolute atomic E-state index is 0.00629. The summed E-state index contributed by atoms with van der Waals surface area (Å²) in [6.07, 6.45) is 2.97. The number of hydrogen-bond acceptors (Lipinski definition) is 2. The van der Waals surface area contributed by atoms with E-state index >= 15 is 0 Å². The van der Waals surface area contributed by atoms with Gasteiger partial charge in [-0.15, -0.1) is 0 Å². The highest BCUT2D eigenvalue weighted by molar-refractivity contribution is 6.42. The van der Waals surface area contributed by atoms with Crippen LogP contribution in [0.5, 0.6) is 0 Å². The van der Waals surface area contributed by atoms with Crippen LogP contribution in [0.4, 0.5) is 0 Å². The van der Waals surface area contributed by atoms with Crippen LogP contribution in [-0.2, 0) is 5.41 Å². The Bertz CT molecular complexity index is 462. The van der Waals surface area contributed by atoms with E-state index in [2.05, 4.69) is 5.18 Å². The Labute approximate surface area is 104 Å². The summed E-state index contributed by atoms with van der Waals surface area (Å²) in [6.45, 7) is 0. The third kappa shape index (κ3) is 1.40. The van der Waals surface area contributed by atoms with Crippen LogP contribution >= 0.6 is 23.2 Å². The molecule has 3 atom stereocenters. The summed E-state index contributed by atoms with van der Waals surface area (Å²) in [6, 6.07) is 5.80. The fourth-order valence-corrected chi connectivity index (χ4v) is 3.43. The molecule has 1 aromatic rings. The second kappa shape index (κ2) is 3.44. The van der Waals surface area contributed by atoms with E-state index in [1.807, 2.05) is 18.2 Å². The molecule has 0 aliphatic heterocycles. The molecule has 3 rings (SSSR count). The fraction of sp³-hybridized carbons (Fsp3) is 0.500. The normalized spacial score (nSPS) is 35.9. The number of nitroso groups, excluding NO2 is 1. The van der Waals surface area contributed by atoms with Crippen LogP contribution in [0.15, 0.2) is 23.4 Å². The second-order valence-electron chi connectivity index (χ2n) is 4.89. The minimum Gasteiger partial charge on any atom is -0.151 e. The molecular formula is C12H11Cl2NO. The predicted molar refractivity (Wildman–Crippen MR) is 65.1 cm³/mol. The Kier molecular flexibility index (Phi) is 2.27. The summed E-state index contributed by atoms with van der Waals surface area (Å²) >= 11 is 11.9. The standard InChI is InChI=1S/C12H11Cl2NO/c13-10-2-1-7(4-11(10)14)12-5-8(12)3-9(6-12)15-16/h1-2,4,8-9H,3,5-6H2/t8-,9?,12?/m1/s1. The number of benzene rings is 1. The van der Waals surface area contributed by atoms with Gasteiger partial charge in [0.15, 0.2) is 0 Å². The van der Waals surface area contributed by atoms with Crippen molar-refractivity contribution in [2.24, 2.45) is 11.1 Å². The van der Waals surface area contributed by atoms with Gasteiger partial charge in [0.25, 0.3) is 0 Å². The molecule has 1 aromatic carbocycles. The van der Waals surface area contributed by atoms with Crippen LogP contribution in [0.2, 0.25) is 10.0 Å². The van der Waals surface area contributed by atoms with Crippen LogP contribution in [0.25, 0.3) is 0 Å². The SMILES string of the molecule is O=NC1C[C@@H]2CC2(c2ccc(Cl)c(Cl)c2)C1. The summed E-state index contributed by atoms with van der Waals surface area (Å²) in [5, 5.41) is 4.35. The summed E-state index contributed by atoms with van der Waals surface area (Å²) in [4.78, 5) is 10.6. The van der Waals surface area contributed by atoms with Crippen molar-refractivity contribution in [1.29, 1.82) is 0 Å². The Balaban J connectivity index is 1.94. The monoisotopic (exact) mass is 255 g/mol. The molecule has 0 amide bonds. The van der Waals surface area contributed by atoms with Gasteiger partial charge in [-0.25, -0.2) is 0 Å². The van der Waals surface area contributed by atoms with E-state index in [1.54, 1.807) is 0 Å². The van der Waals surface area contributed by atoms with E-state index < -0.39 is 0 Å². The summed E-state index contributed by atoms with van der Waals surface area (Å²) in [5.74, 6) is 0.618. The molecule has 0 heterocycles. The van der Waals surface area contributed by atoms with Crippen LogP contribution < -0.4 is 0 Å². The molecular weight excluding hydrogens is 245 g/mol. The van der Waals surface area contributed by atoms with Crippen LogP contribution in [-0.4, -0.2) is 6.04 Å². The van der Waals surface area contributed by atoms with E-state index in [4.69, 9.17) is 23.2 Å². The van der Waals surface area contributed by atoms with Crippen molar-refractivity contribution in [3.63, 3.8) is 0 Å². The number of nitrogens with zero attached hydrogens (tertiary/aromatic N) is 1. The maximum atomic E-state index is 10.6. The smallest absolute Gasteiger partial charge is 0.0931 e. The molecule has 2 aliphatic carbocycles. The quantitative estimate of drug-likeness (QED) is 0.730. The molecule has 4 heteroatoms. The largest absolute Gasteiger partial charge is 0.151 e. The van der Waals surface area contributed by atoms with Crippen molar-refractivity contribution in [2.75, 3.05) is 0 Å². The molecule has 2 aliphatic rings. The summed E-state index contributed by atoms with van der Waals surface area (Å²) < 4.78 is 0. The van der Waals surface area contributed by atoms with Crippen LogP contribution in [0.3, 0.4) is 0 Å². The van der Waals surface area contributed by atoms with Gasteiger partial charge in [-0.05, 0) is 42.9 Å². The highest BCUT2D eigenvalue weighted by Crippen LogP contribution is 2.65. The lowest BCUT2D eigenvalue weighted by atomic mass is 9.92. The van der Waals surface area contributed by atoms with Gasteiger partial charge in [0.1, 0.15) is 0 Å². The lowest BCUT2D eigenvalue weighted by Gasteiger charge is -2.14. The maximum absolute atomic E-state index is 10.6. The van der Waals surface area contributed by atoms with Gasteiger partial charge in [0, 0.05) is 5.41 Å². The molecule has 0 aromatic heterocycles. The molecule has 0 N–H and O–H groups in total. The van der Waals surface area contributed by atoms with Gasteiger partial charge >= 0.3 is 0 Å². The molecule has 2 nitrogen and oxygen atoms in total. The molecule has 84 valence electrons. The van der Waals surface area contributed by atoms with Gasteiger partial charge in [0.05, 0.1) is 16.1 Å². The molecule has 16 heavy (non-hydrogen) atoms. The van der Waals surface area contributed by atoms with E-state index in [1.165, 1.54) is 5.56 Å². The molecule has 2 unspecified atom stereocenters. The van der Waals surface area contributed by atoms with Crippen LogP contribution in [0, 0.1) is 10.8 Å². The van der Waals surface area contributed by atoms with Gasteiger partial charge in [-0.2, -0.15) is 4.91 Å². The van der Waals surface area contributed by atoms with Crippen LogP contribution in [0.1, 0.15) is 24.8 Å². The van der Waals surface area contributed by atoms with Gasteiger partial charge < -0.3 is 0 Å². The summed E-state index contributed by atoms with van der Waals surface area (Å²) in [7, 11) is 0. The molecule has 2 saturated carbocycles. The molecule has 0 saturated heterocycles. The average Bonchev–Trinajstić information content (AvgIpc) is 2.86. The van der Waals surface area contributed by atoms with E-state index in [0.717, 1.165) is 19.3 Å². The van der Waals surface area contributed by atoms with E-state index in [-0.39, 0.29) is 11.5 Å². The van der Waals surface area contributed by atoms with Gasteiger partial charge in [-0.3, -0.25) is 0 Å². The average molecular weight is 256 g/mol. The molecule has 0 radical (unpaired) electrons. The first-order valence-corrected chi connectivity index (χ1v) is 6.19. The van der Waals surface area contributed by atoms with Crippen molar-refractivity contribution in [1.82, 2.24) is 0 Å². The van der Waals surface area contributed by atoms with E-state index in [0.29, 0.717) is 16.0 Å². The maximum Gasteiger partial charge on any atom is 0.0931 e. The van der Waals surface area contributed by atoms with Crippen molar-refractivity contribution < 1.29 is 0 Å². The minimum atomic E-state index is -0.00629. The first-order valence-electron chi connectivity index (χ1n) is 5.44. The Morgan fingerprint density at radius 3 is 2.69 bits per heavy atom. The molecule has 0 bridgehead atoms. The second-order valence-corrected chi connectivity index (χ2v) is 5.70. The van der Waals surface area contributed by atoms with Crippen molar-refractivity contribution in [2.45, 2.75) is 30.7 Å². The number of halogens is 2. The first-order chi connectivity index (χ1) is 7.65. The van der Waals surface area contributed by atoms with Gasteiger partial charge in [0.2, 0.25) is 0 Å². The van der Waals surface area contributed by atoms with E-state index in [9.17, 15) is 4.91 Å².